The Morgan fingerprint density at radius 1 is 0.733 bits per heavy atom. The molecular weight excluding hydrogens is 370 g/mol. The predicted molar refractivity (Wildman–Crippen MR) is 120 cm³/mol. The Labute approximate surface area is 184 Å². The highest BCUT2D eigenvalue weighted by molar-refractivity contribution is 5.12. The van der Waals surface area contributed by atoms with Crippen LogP contribution in [0.25, 0.3) is 0 Å². The maximum Gasteiger partial charge on any atom is 0.0577 e. The minimum Gasteiger partial charge on any atom is -0.393 e. The molecule has 170 valence electrons. The average Bonchev–Trinajstić information content (AvgIpc) is 3.09. The first-order valence-corrected chi connectivity index (χ1v) is 13.5. The average molecular weight is 416 g/mol. The topological polar surface area (TPSA) is 43.7 Å². The second kappa shape index (κ2) is 7.19. The molecule has 0 spiro atoms. The molecule has 13 atom stereocenters. The summed E-state index contributed by atoms with van der Waals surface area (Å²) >= 11 is 0. The Morgan fingerprint density at radius 2 is 1.53 bits per heavy atom. The molecule has 0 aromatic rings. The molecular formula is C27H45NO2. The molecule has 4 aliphatic carbocycles. The third-order valence-electron chi connectivity index (χ3n) is 12.0. The number of aliphatic hydroxyl groups excluding tert-OH is 2. The molecule has 0 unspecified atom stereocenters. The van der Waals surface area contributed by atoms with Crippen molar-refractivity contribution in [3.8, 4) is 0 Å². The molecule has 6 aliphatic rings. The fourth-order valence-electron chi connectivity index (χ4n) is 10.6. The maximum absolute atomic E-state index is 11.2. The van der Waals surface area contributed by atoms with E-state index in [4.69, 9.17) is 0 Å². The van der Waals surface area contributed by atoms with Gasteiger partial charge in [0, 0.05) is 19.1 Å². The Balaban J connectivity index is 1.28. The van der Waals surface area contributed by atoms with Crippen molar-refractivity contribution in [2.75, 3.05) is 13.1 Å². The highest BCUT2D eigenvalue weighted by Crippen LogP contribution is 2.67. The summed E-state index contributed by atoms with van der Waals surface area (Å²) in [7, 11) is 0. The van der Waals surface area contributed by atoms with Crippen molar-refractivity contribution in [2.24, 2.45) is 58.7 Å². The molecule has 0 aromatic carbocycles. The van der Waals surface area contributed by atoms with E-state index in [0.29, 0.717) is 5.92 Å². The van der Waals surface area contributed by atoms with Gasteiger partial charge in [-0.2, -0.15) is 0 Å². The number of aliphatic hydroxyl groups is 2. The van der Waals surface area contributed by atoms with Crippen molar-refractivity contribution in [1.82, 2.24) is 4.90 Å². The Bertz CT molecular complexity index is 665. The molecule has 2 aliphatic heterocycles. The van der Waals surface area contributed by atoms with Crippen LogP contribution < -0.4 is 0 Å². The van der Waals surface area contributed by atoms with Gasteiger partial charge in [0.25, 0.3) is 0 Å². The number of fused-ring (bicyclic) bond motifs is 8. The van der Waals surface area contributed by atoms with Crippen molar-refractivity contribution in [1.29, 1.82) is 0 Å². The summed E-state index contributed by atoms with van der Waals surface area (Å²) in [6.45, 7) is 10.3. The van der Waals surface area contributed by atoms with Crippen molar-refractivity contribution in [2.45, 2.75) is 96.8 Å². The lowest BCUT2D eigenvalue weighted by Crippen LogP contribution is -2.58. The molecule has 2 N–H and O–H groups in total. The van der Waals surface area contributed by atoms with E-state index in [1.807, 2.05) is 0 Å². The first-order chi connectivity index (χ1) is 14.4. The lowest BCUT2D eigenvalue weighted by molar-refractivity contribution is -0.130. The number of nitrogens with zero attached hydrogens (tertiary/aromatic N) is 1. The molecule has 0 bridgehead atoms. The van der Waals surface area contributed by atoms with Gasteiger partial charge in [0.15, 0.2) is 0 Å². The first-order valence-electron chi connectivity index (χ1n) is 13.5. The Morgan fingerprint density at radius 3 is 2.37 bits per heavy atom. The number of piperidine rings is 2. The van der Waals surface area contributed by atoms with Gasteiger partial charge in [-0.25, -0.2) is 0 Å². The molecule has 2 saturated heterocycles. The largest absolute Gasteiger partial charge is 0.393 e. The minimum absolute atomic E-state index is 0.180. The van der Waals surface area contributed by atoms with Crippen molar-refractivity contribution in [3.05, 3.63) is 0 Å². The van der Waals surface area contributed by atoms with Crippen LogP contribution in [-0.4, -0.2) is 46.5 Å². The summed E-state index contributed by atoms with van der Waals surface area (Å²) < 4.78 is 0. The van der Waals surface area contributed by atoms with Crippen LogP contribution in [-0.2, 0) is 0 Å². The first kappa shape index (κ1) is 20.5. The second-order valence-electron chi connectivity index (χ2n) is 13.1. The standard InChI is InChI=1S/C27H45NO2/c1-15-4-7-25-16(2)18-5-6-19-20(22(18)14-28(25)13-15)11-23-21(19)12-26(30)24-10-17(29)8-9-27(23,24)3/h15-26,29-30H,4-14H2,1-3H3/t15-,16-,17+,18+,19+,20-,21+,22-,23+,24-,25+,26-,27-/m1/s1. The normalized spacial score (nSPS) is 60.7. The van der Waals surface area contributed by atoms with Crippen LogP contribution in [0, 0.1) is 58.7 Å². The minimum atomic E-state index is -0.181. The molecule has 3 heteroatoms. The lowest BCUT2D eigenvalue weighted by atomic mass is 9.51. The molecule has 4 saturated carbocycles. The van der Waals surface area contributed by atoms with Crippen LogP contribution in [0.2, 0.25) is 0 Å². The Kier molecular flexibility index (Phi) is 4.91. The van der Waals surface area contributed by atoms with Crippen LogP contribution in [0.4, 0.5) is 0 Å². The molecule has 6 rings (SSSR count). The van der Waals surface area contributed by atoms with E-state index >= 15 is 0 Å². The fraction of sp³-hybridized carbons (Fsp3) is 1.00. The highest BCUT2D eigenvalue weighted by Gasteiger charge is 2.62. The van der Waals surface area contributed by atoms with E-state index in [0.717, 1.165) is 79.1 Å². The van der Waals surface area contributed by atoms with Crippen LogP contribution in [0.15, 0.2) is 0 Å². The summed E-state index contributed by atoms with van der Waals surface area (Å²) in [4.78, 5) is 2.92. The third kappa shape index (κ3) is 2.86. The van der Waals surface area contributed by atoms with Crippen molar-refractivity contribution < 1.29 is 10.2 Å². The van der Waals surface area contributed by atoms with Gasteiger partial charge in [-0.15, -0.1) is 0 Å². The number of hydrogen-bond donors (Lipinski definition) is 2. The molecule has 2 heterocycles. The summed E-state index contributed by atoms with van der Waals surface area (Å²) in [5, 5.41) is 21.5. The van der Waals surface area contributed by atoms with Gasteiger partial charge in [0.2, 0.25) is 0 Å². The molecule has 0 aromatic heterocycles. The van der Waals surface area contributed by atoms with E-state index in [9.17, 15) is 10.2 Å². The highest BCUT2D eigenvalue weighted by atomic mass is 16.3. The zero-order valence-electron chi connectivity index (χ0n) is 19.5. The van der Waals surface area contributed by atoms with Gasteiger partial charge < -0.3 is 10.2 Å². The fourth-order valence-corrected chi connectivity index (χ4v) is 10.6. The maximum atomic E-state index is 11.2. The van der Waals surface area contributed by atoms with E-state index in [2.05, 4.69) is 25.7 Å². The quantitative estimate of drug-likeness (QED) is 0.609. The van der Waals surface area contributed by atoms with E-state index in [1.165, 1.54) is 45.2 Å². The zero-order chi connectivity index (χ0) is 20.8. The van der Waals surface area contributed by atoms with Gasteiger partial charge in [-0.05, 0) is 116 Å². The van der Waals surface area contributed by atoms with E-state index in [1.54, 1.807) is 0 Å². The molecule has 3 nitrogen and oxygen atoms in total. The van der Waals surface area contributed by atoms with Gasteiger partial charge in [0.05, 0.1) is 12.2 Å². The van der Waals surface area contributed by atoms with Crippen molar-refractivity contribution >= 4 is 0 Å². The molecule has 6 fully saturated rings. The smallest absolute Gasteiger partial charge is 0.0577 e. The zero-order valence-corrected chi connectivity index (χ0v) is 19.5. The van der Waals surface area contributed by atoms with Crippen LogP contribution >= 0.6 is 0 Å². The van der Waals surface area contributed by atoms with Crippen molar-refractivity contribution in [3.63, 3.8) is 0 Å². The third-order valence-corrected chi connectivity index (χ3v) is 12.0. The molecule has 0 amide bonds. The summed E-state index contributed by atoms with van der Waals surface area (Å²) in [6, 6.07) is 0.853. The van der Waals surface area contributed by atoms with E-state index < -0.39 is 0 Å². The van der Waals surface area contributed by atoms with Crippen LogP contribution in [0.5, 0.6) is 0 Å². The summed E-state index contributed by atoms with van der Waals surface area (Å²) in [5.74, 6) is 7.22. The SMILES string of the molecule is C[C@@H]1CC[C@H]2[C@H](C)[C@@H]3CC[C@H]4[C@@H](C[C@H]5[C@H]4C[C@@H](O)[C@H]4C[C@@H](O)CC[C@@]45C)[C@@H]3CN2C1. The van der Waals surface area contributed by atoms with E-state index in [-0.39, 0.29) is 17.6 Å². The monoisotopic (exact) mass is 415 g/mol. The summed E-state index contributed by atoms with van der Waals surface area (Å²) in [5.41, 5.74) is 0.261. The van der Waals surface area contributed by atoms with Crippen LogP contribution in [0.1, 0.15) is 78.6 Å². The molecule has 30 heavy (non-hydrogen) atoms. The summed E-state index contributed by atoms with van der Waals surface area (Å²) in [6.07, 6.45) is 10.7. The lowest BCUT2D eigenvalue weighted by Gasteiger charge is -2.56. The van der Waals surface area contributed by atoms with Gasteiger partial charge in [-0.1, -0.05) is 20.8 Å². The van der Waals surface area contributed by atoms with Crippen LogP contribution in [0.3, 0.4) is 0 Å². The number of rotatable bonds is 0. The van der Waals surface area contributed by atoms with Gasteiger partial charge in [0.1, 0.15) is 0 Å². The number of hydrogen-bond acceptors (Lipinski definition) is 3. The molecule has 0 radical (unpaired) electrons. The van der Waals surface area contributed by atoms with Gasteiger partial charge in [-0.3, -0.25) is 4.90 Å². The second-order valence-corrected chi connectivity index (χ2v) is 13.1. The predicted octanol–water partition coefficient (Wildman–Crippen LogP) is 4.56. The Hall–Kier alpha value is -0.120. The van der Waals surface area contributed by atoms with Gasteiger partial charge >= 0.3 is 0 Å².